The van der Waals surface area contributed by atoms with Crippen LogP contribution in [0.1, 0.15) is 11.5 Å². The summed E-state index contributed by atoms with van der Waals surface area (Å²) in [5, 5.41) is 19.6. The molecule has 2 N–H and O–H groups in total. The molecule has 1 saturated carbocycles. The Balaban J connectivity index is 1.95. The summed E-state index contributed by atoms with van der Waals surface area (Å²) in [4.78, 5) is 4.22. The number of amidine groups is 1. The van der Waals surface area contributed by atoms with Crippen molar-refractivity contribution in [1.29, 1.82) is 10.5 Å². The normalized spacial score (nSPS) is 38.4. The van der Waals surface area contributed by atoms with Crippen LogP contribution >= 0.6 is 0 Å². The van der Waals surface area contributed by atoms with Crippen molar-refractivity contribution in [2.24, 2.45) is 21.6 Å². The van der Waals surface area contributed by atoms with E-state index in [0.717, 1.165) is 5.56 Å². The van der Waals surface area contributed by atoms with Crippen LogP contribution in [0.3, 0.4) is 0 Å². The average Bonchev–Trinajstić information content (AvgIpc) is 2.78. The molecule has 3 aliphatic rings. The van der Waals surface area contributed by atoms with E-state index in [0.29, 0.717) is 13.2 Å². The Bertz CT molecular complexity index is 726. The van der Waals surface area contributed by atoms with Crippen molar-refractivity contribution in [3.05, 3.63) is 35.9 Å². The summed E-state index contributed by atoms with van der Waals surface area (Å²) in [6.45, 7) is 0.673. The highest BCUT2D eigenvalue weighted by molar-refractivity contribution is 6.00. The number of fused-ring (bicyclic) bond motifs is 2. The number of nitriles is 2. The van der Waals surface area contributed by atoms with E-state index < -0.39 is 22.7 Å². The zero-order valence-corrected chi connectivity index (χ0v) is 11.1. The molecule has 4 rings (SSSR count). The molecule has 2 heterocycles. The van der Waals surface area contributed by atoms with Gasteiger partial charge in [0.05, 0.1) is 25.4 Å². The Labute approximate surface area is 121 Å². The summed E-state index contributed by atoms with van der Waals surface area (Å²) in [6, 6.07) is 13.9. The summed E-state index contributed by atoms with van der Waals surface area (Å²) in [7, 11) is 0. The Morgan fingerprint density at radius 3 is 2.38 bits per heavy atom. The van der Waals surface area contributed by atoms with Gasteiger partial charge in [-0.2, -0.15) is 10.5 Å². The van der Waals surface area contributed by atoms with Gasteiger partial charge in [0.1, 0.15) is 11.3 Å². The second-order valence-electron chi connectivity index (χ2n) is 5.46. The molecule has 104 valence electrons. The summed E-state index contributed by atoms with van der Waals surface area (Å²) in [6.07, 6.45) is 0. The van der Waals surface area contributed by atoms with Crippen LogP contribution < -0.4 is 5.73 Å². The Morgan fingerprint density at radius 1 is 1.14 bits per heavy atom. The van der Waals surface area contributed by atoms with Gasteiger partial charge in [0.15, 0.2) is 5.41 Å². The van der Waals surface area contributed by atoms with E-state index >= 15 is 0 Å². The Morgan fingerprint density at radius 2 is 1.81 bits per heavy atom. The maximum Gasteiger partial charge on any atom is 0.293 e. The Kier molecular flexibility index (Phi) is 2.12. The second-order valence-corrected chi connectivity index (χ2v) is 5.46. The van der Waals surface area contributed by atoms with E-state index in [9.17, 15) is 10.5 Å². The lowest BCUT2D eigenvalue weighted by Crippen LogP contribution is -2.38. The Hall–Kier alpha value is -2.41. The van der Waals surface area contributed by atoms with Gasteiger partial charge in [-0.3, -0.25) is 0 Å². The van der Waals surface area contributed by atoms with E-state index in [2.05, 4.69) is 17.1 Å². The summed E-state index contributed by atoms with van der Waals surface area (Å²) >= 11 is 0. The number of hydrogen-bond donors (Lipinski definition) is 1. The van der Waals surface area contributed by atoms with Crippen LogP contribution in [0.5, 0.6) is 0 Å². The molecule has 1 aliphatic carbocycles. The number of hydrogen-bond acceptors (Lipinski definition) is 6. The van der Waals surface area contributed by atoms with Gasteiger partial charge in [0.2, 0.25) is 0 Å². The first-order valence-electron chi connectivity index (χ1n) is 6.70. The summed E-state index contributed by atoms with van der Waals surface area (Å²) < 4.78 is 11.3. The molecule has 1 spiro atoms. The van der Waals surface area contributed by atoms with Crippen LogP contribution in [-0.4, -0.2) is 25.0 Å². The van der Waals surface area contributed by atoms with Gasteiger partial charge in [-0.1, -0.05) is 30.3 Å². The highest BCUT2D eigenvalue weighted by atomic mass is 16.8. The SMILES string of the molecule is N#CC12C(N)=NC3(OCCO3)C1(C#N)C2c1ccccc1. The fourth-order valence-electron chi connectivity index (χ4n) is 3.86. The number of nitrogens with zero attached hydrogens (tertiary/aromatic N) is 3. The molecule has 3 atom stereocenters. The van der Waals surface area contributed by atoms with E-state index in [-0.39, 0.29) is 5.84 Å². The first-order valence-corrected chi connectivity index (χ1v) is 6.70. The van der Waals surface area contributed by atoms with Gasteiger partial charge in [-0.25, -0.2) is 4.99 Å². The highest BCUT2D eigenvalue weighted by Crippen LogP contribution is 2.82. The minimum Gasteiger partial charge on any atom is -0.386 e. The maximum atomic E-state index is 9.85. The molecule has 0 radical (unpaired) electrons. The standard InChI is InChI=1S/C15H12N4O2/c16-8-13-11(10-4-2-1-3-5-10)14(13,9-17)15(19-12(13)18)20-6-7-21-15/h1-5,11H,6-7H2,(H2,18,19). The number of aliphatic imine (C=N–C) groups is 1. The van der Waals surface area contributed by atoms with Crippen LogP contribution in [0.15, 0.2) is 35.3 Å². The number of benzene rings is 1. The van der Waals surface area contributed by atoms with E-state index in [1.165, 1.54) is 0 Å². The van der Waals surface area contributed by atoms with Crippen molar-refractivity contribution in [2.75, 3.05) is 13.2 Å². The van der Waals surface area contributed by atoms with Gasteiger partial charge >= 0.3 is 0 Å². The van der Waals surface area contributed by atoms with Gasteiger partial charge < -0.3 is 15.2 Å². The molecule has 6 nitrogen and oxygen atoms in total. The van der Waals surface area contributed by atoms with E-state index in [1.807, 2.05) is 30.3 Å². The number of rotatable bonds is 1. The van der Waals surface area contributed by atoms with E-state index in [4.69, 9.17) is 15.2 Å². The smallest absolute Gasteiger partial charge is 0.293 e. The summed E-state index contributed by atoms with van der Waals surface area (Å²) in [5.74, 6) is -1.71. The third kappa shape index (κ3) is 1.06. The second kappa shape index (κ2) is 3.62. The van der Waals surface area contributed by atoms with Crippen LogP contribution in [0.4, 0.5) is 0 Å². The highest BCUT2D eigenvalue weighted by Gasteiger charge is 2.94. The van der Waals surface area contributed by atoms with Crippen molar-refractivity contribution >= 4 is 5.84 Å². The first-order chi connectivity index (χ1) is 10.2. The quantitative estimate of drug-likeness (QED) is 0.822. The van der Waals surface area contributed by atoms with Crippen molar-refractivity contribution in [3.63, 3.8) is 0 Å². The van der Waals surface area contributed by atoms with Crippen molar-refractivity contribution < 1.29 is 9.47 Å². The fourth-order valence-corrected chi connectivity index (χ4v) is 3.86. The molecule has 0 bridgehead atoms. The molecule has 2 fully saturated rings. The molecular formula is C15H12N4O2. The van der Waals surface area contributed by atoms with Gasteiger partial charge in [-0.15, -0.1) is 0 Å². The molecule has 1 aromatic carbocycles. The number of ether oxygens (including phenoxy) is 2. The molecule has 2 aliphatic heterocycles. The third-order valence-corrected chi connectivity index (χ3v) is 4.74. The topological polar surface area (TPSA) is 104 Å². The van der Waals surface area contributed by atoms with Gasteiger partial charge in [0.25, 0.3) is 5.91 Å². The lowest BCUT2D eigenvalue weighted by molar-refractivity contribution is -0.184. The maximum absolute atomic E-state index is 9.85. The zero-order chi connectivity index (χ0) is 14.7. The number of nitrogens with two attached hydrogens (primary N) is 1. The van der Waals surface area contributed by atoms with Crippen LogP contribution in [0.25, 0.3) is 0 Å². The largest absolute Gasteiger partial charge is 0.386 e. The van der Waals surface area contributed by atoms with Crippen LogP contribution in [0, 0.1) is 33.5 Å². The minimum atomic E-state index is -1.44. The third-order valence-electron chi connectivity index (χ3n) is 4.74. The predicted molar refractivity (Wildman–Crippen MR) is 71.5 cm³/mol. The van der Waals surface area contributed by atoms with Crippen molar-refractivity contribution in [2.45, 2.75) is 11.8 Å². The molecule has 1 aromatic rings. The van der Waals surface area contributed by atoms with Crippen LogP contribution in [0.2, 0.25) is 0 Å². The molecule has 0 aromatic heterocycles. The summed E-state index contributed by atoms with van der Waals surface area (Å²) in [5.41, 5.74) is 4.51. The lowest BCUT2D eigenvalue weighted by atomic mass is 9.94. The van der Waals surface area contributed by atoms with Crippen LogP contribution in [-0.2, 0) is 9.47 Å². The predicted octanol–water partition coefficient (Wildman–Crippen LogP) is 0.875. The first kappa shape index (κ1) is 12.3. The van der Waals surface area contributed by atoms with Gasteiger partial charge in [0, 0.05) is 5.92 Å². The van der Waals surface area contributed by atoms with Crippen molar-refractivity contribution in [3.8, 4) is 12.1 Å². The average molecular weight is 280 g/mol. The van der Waals surface area contributed by atoms with Crippen molar-refractivity contribution in [1.82, 2.24) is 0 Å². The monoisotopic (exact) mass is 280 g/mol. The van der Waals surface area contributed by atoms with Gasteiger partial charge in [-0.05, 0) is 5.56 Å². The molecule has 3 unspecified atom stereocenters. The lowest BCUT2D eigenvalue weighted by Gasteiger charge is -2.25. The minimum absolute atomic E-state index is 0.127. The fraction of sp³-hybridized carbons (Fsp3) is 0.400. The molecular weight excluding hydrogens is 268 g/mol. The molecule has 0 amide bonds. The zero-order valence-electron chi connectivity index (χ0n) is 11.1. The molecule has 1 saturated heterocycles. The molecule has 6 heteroatoms. The van der Waals surface area contributed by atoms with E-state index in [1.54, 1.807) is 0 Å². The molecule has 21 heavy (non-hydrogen) atoms.